The van der Waals surface area contributed by atoms with Crippen LogP contribution in [-0.2, 0) is 9.53 Å². The van der Waals surface area contributed by atoms with Gasteiger partial charge in [-0.15, -0.1) is 0 Å². The van der Waals surface area contributed by atoms with Crippen molar-refractivity contribution in [2.75, 3.05) is 0 Å². The predicted octanol–water partition coefficient (Wildman–Crippen LogP) is 5.22. The van der Waals surface area contributed by atoms with E-state index in [2.05, 4.69) is 19.1 Å². The fourth-order valence-electron chi connectivity index (χ4n) is 4.42. The van der Waals surface area contributed by atoms with Crippen LogP contribution in [0.4, 0.5) is 0 Å². The van der Waals surface area contributed by atoms with Gasteiger partial charge in [-0.1, -0.05) is 68.4 Å². The van der Waals surface area contributed by atoms with E-state index < -0.39 is 0 Å². The Bertz CT molecular complexity index is 723. The number of amides is 1. The van der Waals surface area contributed by atoms with Gasteiger partial charge in [-0.3, -0.25) is 9.69 Å². The zero-order valence-corrected chi connectivity index (χ0v) is 16.3. The Morgan fingerprint density at radius 1 is 0.963 bits per heavy atom. The molecule has 2 saturated carbocycles. The zero-order valence-electron chi connectivity index (χ0n) is 16.3. The lowest BCUT2D eigenvalue weighted by Crippen LogP contribution is -2.41. The van der Waals surface area contributed by atoms with Crippen molar-refractivity contribution in [2.45, 2.75) is 83.2 Å². The lowest BCUT2D eigenvalue weighted by Gasteiger charge is -2.29. The van der Waals surface area contributed by atoms with Crippen LogP contribution in [0.25, 0.3) is 6.08 Å². The third-order valence-corrected chi connectivity index (χ3v) is 6.02. The van der Waals surface area contributed by atoms with E-state index in [0.29, 0.717) is 17.8 Å². The van der Waals surface area contributed by atoms with Gasteiger partial charge >= 0.3 is 6.02 Å². The van der Waals surface area contributed by atoms with Gasteiger partial charge in [0.15, 0.2) is 5.76 Å². The van der Waals surface area contributed by atoms with E-state index >= 15 is 0 Å². The van der Waals surface area contributed by atoms with Crippen LogP contribution in [-0.4, -0.2) is 28.9 Å². The molecule has 0 radical (unpaired) electrons. The van der Waals surface area contributed by atoms with Crippen LogP contribution in [0, 0.1) is 6.92 Å². The van der Waals surface area contributed by atoms with Gasteiger partial charge in [0.25, 0.3) is 5.91 Å². The normalized spacial score (nSPS) is 25.4. The van der Waals surface area contributed by atoms with E-state index in [-0.39, 0.29) is 11.9 Å². The number of carbonyl (C=O) groups is 1. The molecule has 1 saturated heterocycles. The SMILES string of the molecule is Cc1ccc(/C=C2/OC(=NC3CCCCC3)N(C3CCCCC3)C2=O)cc1. The summed E-state index contributed by atoms with van der Waals surface area (Å²) in [5.41, 5.74) is 2.20. The van der Waals surface area contributed by atoms with Crippen molar-refractivity contribution in [3.05, 3.63) is 41.2 Å². The molecule has 4 rings (SSSR count). The lowest BCUT2D eigenvalue weighted by atomic mass is 9.94. The van der Waals surface area contributed by atoms with E-state index in [9.17, 15) is 4.79 Å². The standard InChI is InChI=1S/C23H30N2O2/c1-17-12-14-18(15-13-17)16-21-22(26)25(20-10-6-3-7-11-20)23(27-21)24-19-8-4-2-5-9-19/h12-16,19-20H,2-11H2,1H3/b21-16+,24-23?. The average Bonchev–Trinajstić information content (AvgIpc) is 3.00. The summed E-state index contributed by atoms with van der Waals surface area (Å²) >= 11 is 0. The third-order valence-electron chi connectivity index (χ3n) is 6.02. The van der Waals surface area contributed by atoms with Crippen LogP contribution in [0.1, 0.15) is 75.3 Å². The van der Waals surface area contributed by atoms with Crippen LogP contribution >= 0.6 is 0 Å². The second-order valence-electron chi connectivity index (χ2n) is 8.19. The van der Waals surface area contributed by atoms with Crippen LogP contribution in [0.3, 0.4) is 0 Å². The summed E-state index contributed by atoms with van der Waals surface area (Å²) in [5, 5.41) is 0. The van der Waals surface area contributed by atoms with Crippen molar-refractivity contribution in [3.63, 3.8) is 0 Å². The average molecular weight is 367 g/mol. The van der Waals surface area contributed by atoms with Gasteiger partial charge < -0.3 is 4.74 Å². The zero-order chi connectivity index (χ0) is 18.6. The molecule has 0 unspecified atom stereocenters. The van der Waals surface area contributed by atoms with Gasteiger partial charge in [0, 0.05) is 6.04 Å². The summed E-state index contributed by atoms with van der Waals surface area (Å²) in [5.74, 6) is 0.399. The van der Waals surface area contributed by atoms with Crippen molar-refractivity contribution in [2.24, 2.45) is 4.99 Å². The number of aryl methyl sites for hydroxylation is 1. The minimum Gasteiger partial charge on any atom is -0.420 e. The summed E-state index contributed by atoms with van der Waals surface area (Å²) in [4.78, 5) is 20.0. The van der Waals surface area contributed by atoms with Crippen LogP contribution in [0.2, 0.25) is 0 Å². The fourth-order valence-corrected chi connectivity index (χ4v) is 4.42. The number of nitrogens with zero attached hydrogens (tertiary/aromatic N) is 2. The largest absolute Gasteiger partial charge is 0.420 e. The van der Waals surface area contributed by atoms with Crippen LogP contribution < -0.4 is 0 Å². The highest BCUT2D eigenvalue weighted by Gasteiger charge is 2.40. The molecule has 1 amide bonds. The number of carbonyl (C=O) groups excluding carboxylic acids is 1. The van der Waals surface area contributed by atoms with Crippen LogP contribution in [0.5, 0.6) is 0 Å². The highest BCUT2D eigenvalue weighted by Crippen LogP contribution is 2.31. The predicted molar refractivity (Wildman–Crippen MR) is 108 cm³/mol. The fraction of sp³-hybridized carbons (Fsp3) is 0.565. The van der Waals surface area contributed by atoms with Crippen molar-refractivity contribution in [1.82, 2.24) is 4.90 Å². The molecule has 1 aliphatic heterocycles. The first-order valence-electron chi connectivity index (χ1n) is 10.6. The molecule has 3 fully saturated rings. The molecule has 27 heavy (non-hydrogen) atoms. The third kappa shape index (κ3) is 4.26. The van der Waals surface area contributed by atoms with Gasteiger partial charge in [0.05, 0.1) is 6.04 Å². The first kappa shape index (κ1) is 18.3. The Kier molecular flexibility index (Phi) is 5.61. The number of rotatable bonds is 3. The van der Waals surface area contributed by atoms with Crippen molar-refractivity contribution in [1.29, 1.82) is 0 Å². The molecule has 4 heteroatoms. The summed E-state index contributed by atoms with van der Waals surface area (Å²) in [6, 6.07) is 9.25. The number of benzene rings is 1. The quantitative estimate of drug-likeness (QED) is 0.689. The van der Waals surface area contributed by atoms with Gasteiger partial charge in [-0.2, -0.15) is 0 Å². The monoisotopic (exact) mass is 366 g/mol. The molecule has 2 aliphatic carbocycles. The van der Waals surface area contributed by atoms with Gasteiger partial charge in [-0.05, 0) is 44.2 Å². The van der Waals surface area contributed by atoms with Gasteiger partial charge in [0.1, 0.15) is 0 Å². The Morgan fingerprint density at radius 2 is 1.59 bits per heavy atom. The van der Waals surface area contributed by atoms with Crippen molar-refractivity contribution < 1.29 is 9.53 Å². The number of amidine groups is 1. The van der Waals surface area contributed by atoms with E-state index in [4.69, 9.17) is 9.73 Å². The maximum atomic E-state index is 13.2. The number of ether oxygens (including phenoxy) is 1. The van der Waals surface area contributed by atoms with Gasteiger partial charge in [0.2, 0.25) is 0 Å². The molecule has 0 bridgehead atoms. The smallest absolute Gasteiger partial charge is 0.300 e. The molecule has 1 aromatic rings. The second-order valence-corrected chi connectivity index (χ2v) is 8.19. The molecule has 3 aliphatic rings. The minimum absolute atomic E-state index is 0.0166. The van der Waals surface area contributed by atoms with E-state index in [1.165, 1.54) is 44.1 Å². The summed E-state index contributed by atoms with van der Waals surface area (Å²) in [7, 11) is 0. The number of aliphatic imine (C=N–C) groups is 1. The van der Waals surface area contributed by atoms with E-state index in [1.807, 2.05) is 23.1 Å². The van der Waals surface area contributed by atoms with E-state index in [1.54, 1.807) is 0 Å². The molecular weight excluding hydrogens is 336 g/mol. The molecule has 0 N–H and O–H groups in total. The number of hydrogen-bond donors (Lipinski definition) is 0. The highest BCUT2D eigenvalue weighted by molar-refractivity contribution is 6.11. The lowest BCUT2D eigenvalue weighted by molar-refractivity contribution is -0.124. The second kappa shape index (κ2) is 8.28. The van der Waals surface area contributed by atoms with Crippen molar-refractivity contribution in [3.8, 4) is 0 Å². The first-order chi connectivity index (χ1) is 13.2. The molecule has 144 valence electrons. The topological polar surface area (TPSA) is 41.9 Å². The molecule has 4 nitrogen and oxygen atoms in total. The van der Waals surface area contributed by atoms with Crippen molar-refractivity contribution >= 4 is 18.0 Å². The molecule has 0 atom stereocenters. The minimum atomic E-state index is -0.0166. The molecular formula is C23H30N2O2. The maximum Gasteiger partial charge on any atom is 0.300 e. The molecule has 1 aromatic carbocycles. The first-order valence-corrected chi connectivity index (χ1v) is 10.6. The summed E-state index contributed by atoms with van der Waals surface area (Å²) < 4.78 is 6.06. The molecule has 0 aromatic heterocycles. The Balaban J connectivity index is 1.61. The molecule has 1 heterocycles. The molecule has 0 spiro atoms. The van der Waals surface area contributed by atoms with Gasteiger partial charge in [-0.25, -0.2) is 4.99 Å². The van der Waals surface area contributed by atoms with E-state index in [0.717, 1.165) is 31.2 Å². The summed E-state index contributed by atoms with van der Waals surface area (Å²) in [6.07, 6.45) is 13.6. The maximum absolute atomic E-state index is 13.2. The number of hydrogen-bond acceptors (Lipinski definition) is 3. The Morgan fingerprint density at radius 3 is 2.26 bits per heavy atom. The Hall–Kier alpha value is -2.10. The highest BCUT2D eigenvalue weighted by atomic mass is 16.5. The van der Waals surface area contributed by atoms with Crippen LogP contribution in [0.15, 0.2) is 35.0 Å². The Labute approximate surface area is 162 Å². The summed E-state index contributed by atoms with van der Waals surface area (Å²) in [6.45, 7) is 2.06.